The SMILES string of the molecule is Clc1ccc(Cc2c[nH]c3ccccc23)c(Cl)c1. The van der Waals surface area contributed by atoms with E-state index in [1.165, 1.54) is 10.9 Å². The first kappa shape index (κ1) is 11.6. The third-order valence-corrected chi connectivity index (χ3v) is 3.66. The molecule has 0 spiro atoms. The molecule has 0 saturated carbocycles. The van der Waals surface area contributed by atoms with E-state index < -0.39 is 0 Å². The summed E-state index contributed by atoms with van der Waals surface area (Å²) in [6.07, 6.45) is 2.84. The van der Waals surface area contributed by atoms with Crippen LogP contribution in [-0.4, -0.2) is 4.98 Å². The van der Waals surface area contributed by atoms with Crippen molar-refractivity contribution in [2.45, 2.75) is 6.42 Å². The van der Waals surface area contributed by atoms with Gasteiger partial charge in [0, 0.05) is 33.6 Å². The van der Waals surface area contributed by atoms with Crippen LogP contribution in [0.1, 0.15) is 11.1 Å². The Balaban J connectivity index is 2.01. The van der Waals surface area contributed by atoms with Crippen LogP contribution in [0.5, 0.6) is 0 Å². The average molecular weight is 276 g/mol. The Bertz CT molecular complexity index is 701. The van der Waals surface area contributed by atoms with Crippen LogP contribution in [-0.2, 0) is 6.42 Å². The summed E-state index contributed by atoms with van der Waals surface area (Å²) >= 11 is 12.1. The smallest absolute Gasteiger partial charge is 0.0456 e. The normalized spacial score (nSPS) is 11.0. The van der Waals surface area contributed by atoms with Crippen LogP contribution in [0.4, 0.5) is 0 Å². The molecule has 3 heteroatoms. The van der Waals surface area contributed by atoms with Crippen molar-refractivity contribution in [1.82, 2.24) is 4.98 Å². The Kier molecular flexibility index (Phi) is 3.02. The lowest BCUT2D eigenvalue weighted by Gasteiger charge is -2.04. The summed E-state index contributed by atoms with van der Waals surface area (Å²) in [5.74, 6) is 0. The Labute approximate surface area is 115 Å². The maximum Gasteiger partial charge on any atom is 0.0456 e. The van der Waals surface area contributed by atoms with Gasteiger partial charge in [-0.25, -0.2) is 0 Å². The van der Waals surface area contributed by atoms with Gasteiger partial charge in [-0.15, -0.1) is 0 Å². The highest BCUT2D eigenvalue weighted by atomic mass is 35.5. The molecule has 1 heterocycles. The van der Waals surface area contributed by atoms with Gasteiger partial charge in [-0.3, -0.25) is 0 Å². The second-order valence-corrected chi connectivity index (χ2v) is 5.12. The van der Waals surface area contributed by atoms with Gasteiger partial charge in [0.05, 0.1) is 0 Å². The van der Waals surface area contributed by atoms with Crippen LogP contribution in [0.3, 0.4) is 0 Å². The zero-order chi connectivity index (χ0) is 12.5. The molecule has 0 atom stereocenters. The first-order valence-electron chi connectivity index (χ1n) is 5.73. The molecular weight excluding hydrogens is 265 g/mol. The van der Waals surface area contributed by atoms with Crippen LogP contribution in [0.25, 0.3) is 10.9 Å². The van der Waals surface area contributed by atoms with Crippen molar-refractivity contribution in [2.75, 3.05) is 0 Å². The van der Waals surface area contributed by atoms with Crippen LogP contribution in [0.2, 0.25) is 10.0 Å². The fourth-order valence-electron chi connectivity index (χ4n) is 2.15. The number of rotatable bonds is 2. The molecule has 3 aromatic rings. The molecule has 0 unspecified atom stereocenters. The van der Waals surface area contributed by atoms with Gasteiger partial charge >= 0.3 is 0 Å². The summed E-state index contributed by atoms with van der Waals surface area (Å²) in [5.41, 5.74) is 3.48. The van der Waals surface area contributed by atoms with Crippen molar-refractivity contribution in [2.24, 2.45) is 0 Å². The second-order valence-electron chi connectivity index (χ2n) is 4.27. The molecule has 0 aliphatic rings. The molecule has 0 aliphatic heterocycles. The molecule has 0 fully saturated rings. The van der Waals surface area contributed by atoms with E-state index >= 15 is 0 Å². The van der Waals surface area contributed by atoms with E-state index in [2.05, 4.69) is 17.1 Å². The minimum absolute atomic E-state index is 0.669. The van der Waals surface area contributed by atoms with Crippen molar-refractivity contribution in [3.05, 3.63) is 69.8 Å². The minimum atomic E-state index is 0.669. The van der Waals surface area contributed by atoms with Gasteiger partial charge in [-0.1, -0.05) is 47.5 Å². The van der Waals surface area contributed by atoms with Gasteiger partial charge in [-0.05, 0) is 29.3 Å². The van der Waals surface area contributed by atoms with Crippen LogP contribution in [0, 0.1) is 0 Å². The van der Waals surface area contributed by atoms with Crippen LogP contribution < -0.4 is 0 Å². The molecule has 1 nitrogen and oxygen atoms in total. The van der Waals surface area contributed by atoms with E-state index in [1.807, 2.05) is 30.5 Å². The van der Waals surface area contributed by atoms with Gasteiger partial charge in [0.25, 0.3) is 0 Å². The minimum Gasteiger partial charge on any atom is -0.361 e. The predicted molar refractivity (Wildman–Crippen MR) is 77.6 cm³/mol. The third-order valence-electron chi connectivity index (χ3n) is 3.07. The molecule has 1 N–H and O–H groups in total. The van der Waals surface area contributed by atoms with E-state index in [0.717, 1.165) is 17.5 Å². The number of aromatic amines is 1. The van der Waals surface area contributed by atoms with Gasteiger partial charge in [0.1, 0.15) is 0 Å². The highest BCUT2D eigenvalue weighted by Gasteiger charge is 2.07. The number of halogens is 2. The molecule has 3 rings (SSSR count). The first-order chi connectivity index (χ1) is 8.74. The van der Waals surface area contributed by atoms with Crippen LogP contribution in [0.15, 0.2) is 48.7 Å². The number of benzene rings is 2. The van der Waals surface area contributed by atoms with Crippen molar-refractivity contribution < 1.29 is 0 Å². The highest BCUT2D eigenvalue weighted by molar-refractivity contribution is 6.35. The fourth-order valence-corrected chi connectivity index (χ4v) is 2.62. The molecule has 2 aromatic carbocycles. The molecule has 18 heavy (non-hydrogen) atoms. The molecule has 0 bridgehead atoms. The Hall–Kier alpha value is -1.44. The lowest BCUT2D eigenvalue weighted by molar-refractivity contribution is 1.21. The lowest BCUT2D eigenvalue weighted by Crippen LogP contribution is -1.88. The standard InChI is InChI=1S/C15H11Cl2N/c16-12-6-5-10(14(17)8-12)7-11-9-18-15-4-2-1-3-13(11)15/h1-6,8-9,18H,7H2. The van der Waals surface area contributed by atoms with Crippen molar-refractivity contribution in [3.63, 3.8) is 0 Å². The Morgan fingerprint density at radius 2 is 1.78 bits per heavy atom. The number of aromatic nitrogens is 1. The number of nitrogens with one attached hydrogen (secondary N) is 1. The number of hydrogen-bond acceptors (Lipinski definition) is 0. The molecule has 1 aromatic heterocycles. The zero-order valence-corrected chi connectivity index (χ0v) is 11.1. The van der Waals surface area contributed by atoms with E-state index in [4.69, 9.17) is 23.2 Å². The summed E-state index contributed by atoms with van der Waals surface area (Å²) in [5, 5.41) is 2.62. The number of hydrogen-bond donors (Lipinski definition) is 1. The maximum absolute atomic E-state index is 6.20. The fraction of sp³-hybridized carbons (Fsp3) is 0.0667. The first-order valence-corrected chi connectivity index (χ1v) is 6.48. The molecule has 0 saturated heterocycles. The average Bonchev–Trinajstić information content (AvgIpc) is 2.76. The molecule has 0 amide bonds. The van der Waals surface area contributed by atoms with Gasteiger partial charge < -0.3 is 4.98 Å². The molecule has 90 valence electrons. The van der Waals surface area contributed by atoms with Crippen molar-refractivity contribution in [1.29, 1.82) is 0 Å². The summed E-state index contributed by atoms with van der Waals surface area (Å²) in [4.78, 5) is 3.27. The highest BCUT2D eigenvalue weighted by Crippen LogP contribution is 2.26. The molecule has 0 aliphatic carbocycles. The number of fused-ring (bicyclic) bond motifs is 1. The van der Waals surface area contributed by atoms with Crippen molar-refractivity contribution >= 4 is 34.1 Å². The predicted octanol–water partition coefficient (Wildman–Crippen LogP) is 5.07. The van der Waals surface area contributed by atoms with Gasteiger partial charge in [0.15, 0.2) is 0 Å². The monoisotopic (exact) mass is 275 g/mol. The molecule has 0 radical (unpaired) electrons. The maximum atomic E-state index is 6.20. The second kappa shape index (κ2) is 4.68. The van der Waals surface area contributed by atoms with E-state index in [9.17, 15) is 0 Å². The van der Waals surface area contributed by atoms with Gasteiger partial charge in [-0.2, -0.15) is 0 Å². The largest absolute Gasteiger partial charge is 0.361 e. The van der Waals surface area contributed by atoms with E-state index in [-0.39, 0.29) is 0 Å². The summed E-state index contributed by atoms with van der Waals surface area (Å²) in [7, 11) is 0. The summed E-state index contributed by atoms with van der Waals surface area (Å²) in [6.45, 7) is 0. The van der Waals surface area contributed by atoms with Crippen LogP contribution >= 0.6 is 23.2 Å². The number of H-pyrrole nitrogens is 1. The summed E-state index contributed by atoms with van der Waals surface area (Å²) < 4.78 is 0. The Morgan fingerprint density at radius 1 is 0.944 bits per heavy atom. The van der Waals surface area contributed by atoms with E-state index in [0.29, 0.717) is 10.0 Å². The summed E-state index contributed by atoms with van der Waals surface area (Å²) in [6, 6.07) is 13.9. The zero-order valence-electron chi connectivity index (χ0n) is 9.58. The Morgan fingerprint density at radius 3 is 2.61 bits per heavy atom. The van der Waals surface area contributed by atoms with Crippen molar-refractivity contribution in [3.8, 4) is 0 Å². The third kappa shape index (κ3) is 2.12. The van der Waals surface area contributed by atoms with Gasteiger partial charge in [0.2, 0.25) is 0 Å². The molecular formula is C15H11Cl2N. The quantitative estimate of drug-likeness (QED) is 0.673. The number of para-hydroxylation sites is 1. The lowest BCUT2D eigenvalue weighted by atomic mass is 10.0. The van der Waals surface area contributed by atoms with E-state index in [1.54, 1.807) is 6.07 Å². The topological polar surface area (TPSA) is 15.8 Å².